The first-order chi connectivity index (χ1) is 15.2. The number of rotatable bonds is 6. The molecule has 0 amide bonds. The minimum Gasteiger partial charge on any atom is -0.495 e. The second kappa shape index (κ2) is 9.09. The van der Waals surface area contributed by atoms with Crippen molar-refractivity contribution < 1.29 is 17.5 Å². The fourth-order valence-electron chi connectivity index (χ4n) is 3.94. The van der Waals surface area contributed by atoms with Crippen LogP contribution in [0.15, 0.2) is 58.8 Å². The number of hydrogen-bond donors (Lipinski definition) is 2. The average Bonchev–Trinajstić information content (AvgIpc) is 3.25. The van der Waals surface area contributed by atoms with Gasteiger partial charge in [0.15, 0.2) is 0 Å². The lowest BCUT2D eigenvalue weighted by atomic mass is 10.1. The molecule has 0 saturated carbocycles. The van der Waals surface area contributed by atoms with Gasteiger partial charge in [-0.15, -0.1) is 11.3 Å². The average molecular weight is 476 g/mol. The maximum atomic E-state index is 13.2. The minimum atomic E-state index is -3.83. The molecule has 3 aromatic rings. The molecule has 0 spiro atoms. The zero-order valence-electron chi connectivity index (χ0n) is 18.1. The number of sulfonamides is 1. The minimum absolute atomic E-state index is 0.175. The maximum absolute atomic E-state index is 13.2. The molecule has 4 rings (SSSR count). The molecular formula is C23H26FN3O3S2. The van der Waals surface area contributed by atoms with Gasteiger partial charge in [0.05, 0.1) is 12.8 Å². The lowest BCUT2D eigenvalue weighted by Crippen LogP contribution is -2.54. The summed E-state index contributed by atoms with van der Waals surface area (Å²) in [6.07, 6.45) is 0. The summed E-state index contributed by atoms with van der Waals surface area (Å²) in [6, 6.07) is 15.5. The van der Waals surface area contributed by atoms with Crippen molar-refractivity contribution in [2.24, 2.45) is 0 Å². The monoisotopic (exact) mass is 475 g/mol. The van der Waals surface area contributed by atoms with E-state index in [-0.39, 0.29) is 10.0 Å². The number of halogens is 1. The SMILES string of the molecule is COc1ccc(N2CC(C)NC(C)C2)cc1NS(=O)(=O)c1ccc(-c2ccc(F)cc2)s1. The Balaban J connectivity index is 1.60. The zero-order chi connectivity index (χ0) is 22.9. The molecule has 2 aromatic carbocycles. The Morgan fingerprint density at radius 2 is 1.75 bits per heavy atom. The molecule has 0 radical (unpaired) electrons. The molecule has 2 atom stereocenters. The van der Waals surface area contributed by atoms with Gasteiger partial charge >= 0.3 is 0 Å². The quantitative estimate of drug-likeness (QED) is 0.547. The highest BCUT2D eigenvalue weighted by Gasteiger charge is 2.24. The van der Waals surface area contributed by atoms with Crippen LogP contribution in [-0.4, -0.2) is 40.7 Å². The van der Waals surface area contributed by atoms with Gasteiger partial charge < -0.3 is 15.0 Å². The summed E-state index contributed by atoms with van der Waals surface area (Å²) < 4.78 is 47.7. The molecule has 6 nitrogen and oxygen atoms in total. The van der Waals surface area contributed by atoms with E-state index in [1.807, 2.05) is 12.1 Å². The van der Waals surface area contributed by atoms with E-state index in [1.54, 1.807) is 30.3 Å². The third-order valence-electron chi connectivity index (χ3n) is 5.32. The first-order valence-electron chi connectivity index (χ1n) is 10.3. The van der Waals surface area contributed by atoms with Crippen molar-refractivity contribution in [2.45, 2.75) is 30.1 Å². The van der Waals surface area contributed by atoms with Crippen molar-refractivity contribution in [3.8, 4) is 16.2 Å². The third kappa shape index (κ3) is 4.90. The van der Waals surface area contributed by atoms with Gasteiger partial charge in [-0.3, -0.25) is 4.72 Å². The van der Waals surface area contributed by atoms with E-state index in [0.29, 0.717) is 23.5 Å². The summed E-state index contributed by atoms with van der Waals surface area (Å²) >= 11 is 1.13. The molecule has 170 valence electrons. The number of nitrogens with one attached hydrogen (secondary N) is 2. The number of ether oxygens (including phenoxy) is 1. The number of benzene rings is 2. The van der Waals surface area contributed by atoms with Crippen molar-refractivity contribution in [2.75, 3.05) is 29.8 Å². The van der Waals surface area contributed by atoms with Crippen molar-refractivity contribution >= 4 is 32.7 Å². The van der Waals surface area contributed by atoms with Crippen molar-refractivity contribution in [1.29, 1.82) is 0 Å². The Labute approximate surface area is 192 Å². The fourth-order valence-corrected chi connectivity index (χ4v) is 6.31. The molecular weight excluding hydrogens is 449 g/mol. The van der Waals surface area contributed by atoms with Crippen LogP contribution in [0.25, 0.3) is 10.4 Å². The molecule has 0 bridgehead atoms. The van der Waals surface area contributed by atoms with E-state index in [4.69, 9.17) is 4.74 Å². The van der Waals surface area contributed by atoms with Crippen LogP contribution in [-0.2, 0) is 10.0 Å². The molecule has 2 heterocycles. The summed E-state index contributed by atoms with van der Waals surface area (Å²) in [7, 11) is -2.31. The molecule has 0 aliphatic carbocycles. The molecule has 9 heteroatoms. The van der Waals surface area contributed by atoms with E-state index < -0.39 is 10.0 Å². The second-order valence-electron chi connectivity index (χ2n) is 7.99. The standard InChI is InChI=1S/C23H26FN3O3S2/c1-15-13-27(14-16(2)25-15)19-8-9-21(30-3)20(12-19)26-32(28,29)23-11-10-22(31-23)17-4-6-18(24)7-5-17/h4-12,15-16,25-26H,13-14H2,1-3H3. The third-order valence-corrected chi connectivity index (χ3v) is 8.32. The van der Waals surface area contributed by atoms with Crippen LogP contribution in [0, 0.1) is 5.82 Å². The van der Waals surface area contributed by atoms with Gasteiger partial charge in [-0.1, -0.05) is 12.1 Å². The van der Waals surface area contributed by atoms with Crippen LogP contribution in [0.2, 0.25) is 0 Å². The summed E-state index contributed by atoms with van der Waals surface area (Å²) in [6.45, 7) is 5.92. The zero-order valence-corrected chi connectivity index (χ0v) is 19.8. The fraction of sp³-hybridized carbons (Fsp3) is 0.304. The maximum Gasteiger partial charge on any atom is 0.271 e. The molecule has 1 aromatic heterocycles. The normalized spacial score (nSPS) is 19.1. The predicted octanol–water partition coefficient (Wildman–Crippen LogP) is 4.55. The number of thiophene rings is 1. The molecule has 1 fully saturated rings. The highest BCUT2D eigenvalue weighted by molar-refractivity contribution is 7.94. The van der Waals surface area contributed by atoms with Crippen LogP contribution < -0.4 is 19.7 Å². The molecule has 2 N–H and O–H groups in total. The van der Waals surface area contributed by atoms with Crippen LogP contribution >= 0.6 is 11.3 Å². The molecule has 1 aliphatic heterocycles. The predicted molar refractivity (Wildman–Crippen MR) is 128 cm³/mol. The van der Waals surface area contributed by atoms with Crippen molar-refractivity contribution in [3.63, 3.8) is 0 Å². The first kappa shape index (κ1) is 22.6. The van der Waals surface area contributed by atoms with Crippen molar-refractivity contribution in [3.05, 3.63) is 60.4 Å². The van der Waals surface area contributed by atoms with Crippen LogP contribution in [0.1, 0.15) is 13.8 Å². The molecule has 2 unspecified atom stereocenters. The summed E-state index contributed by atoms with van der Waals surface area (Å²) in [5.41, 5.74) is 2.09. The van der Waals surface area contributed by atoms with E-state index in [0.717, 1.165) is 40.6 Å². The van der Waals surface area contributed by atoms with Crippen molar-refractivity contribution in [1.82, 2.24) is 5.32 Å². The smallest absolute Gasteiger partial charge is 0.271 e. The summed E-state index contributed by atoms with van der Waals surface area (Å²) in [5.74, 6) is 0.115. The Bertz CT molecular complexity index is 1190. The number of hydrogen-bond acceptors (Lipinski definition) is 6. The number of nitrogens with zero attached hydrogens (tertiary/aromatic N) is 1. The largest absolute Gasteiger partial charge is 0.495 e. The topological polar surface area (TPSA) is 70.7 Å². The van der Waals surface area contributed by atoms with E-state index in [1.165, 1.54) is 19.2 Å². The Morgan fingerprint density at radius 1 is 1.06 bits per heavy atom. The molecule has 32 heavy (non-hydrogen) atoms. The van der Waals surface area contributed by atoms with Gasteiger partial charge in [0.1, 0.15) is 15.8 Å². The van der Waals surface area contributed by atoms with E-state index in [2.05, 4.69) is 28.8 Å². The number of anilines is 2. The van der Waals surface area contributed by atoms with Crippen LogP contribution in [0.5, 0.6) is 5.75 Å². The number of piperazine rings is 1. The van der Waals surface area contributed by atoms with E-state index in [9.17, 15) is 12.8 Å². The lowest BCUT2D eigenvalue weighted by Gasteiger charge is -2.38. The van der Waals surface area contributed by atoms with Gasteiger partial charge in [0, 0.05) is 35.7 Å². The first-order valence-corrected chi connectivity index (χ1v) is 12.6. The van der Waals surface area contributed by atoms with E-state index >= 15 is 0 Å². The van der Waals surface area contributed by atoms with Gasteiger partial charge in [0.2, 0.25) is 0 Å². The highest BCUT2D eigenvalue weighted by atomic mass is 32.2. The van der Waals surface area contributed by atoms with Crippen LogP contribution in [0.4, 0.5) is 15.8 Å². The van der Waals surface area contributed by atoms with Gasteiger partial charge in [-0.2, -0.15) is 0 Å². The Kier molecular flexibility index (Phi) is 6.41. The number of methoxy groups -OCH3 is 1. The molecule has 1 aliphatic rings. The Morgan fingerprint density at radius 3 is 2.41 bits per heavy atom. The summed E-state index contributed by atoms with van der Waals surface area (Å²) in [4.78, 5) is 2.98. The highest BCUT2D eigenvalue weighted by Crippen LogP contribution is 2.35. The molecule has 1 saturated heterocycles. The Hall–Kier alpha value is -2.62. The second-order valence-corrected chi connectivity index (χ2v) is 11.0. The van der Waals surface area contributed by atoms with Gasteiger partial charge in [-0.25, -0.2) is 12.8 Å². The van der Waals surface area contributed by atoms with Gasteiger partial charge in [0.25, 0.3) is 10.0 Å². The van der Waals surface area contributed by atoms with Crippen LogP contribution in [0.3, 0.4) is 0 Å². The lowest BCUT2D eigenvalue weighted by molar-refractivity contribution is 0.406. The summed E-state index contributed by atoms with van der Waals surface area (Å²) in [5, 5.41) is 3.50. The van der Waals surface area contributed by atoms with Gasteiger partial charge in [-0.05, 0) is 61.9 Å².